The molecule has 4 nitrogen and oxygen atoms in total. The Morgan fingerprint density at radius 1 is 1.06 bits per heavy atom. The summed E-state index contributed by atoms with van der Waals surface area (Å²) in [4.78, 5) is 16.7. The molecule has 3 rings (SSSR count). The SMILES string of the molecule is O=C(c1cccc(COCC(F)(F)C(F)F)c1)N1CCN(Cc2ccc(Cl)cc2Cl)CC1. The second-order valence-electron chi connectivity index (χ2n) is 7.56. The van der Waals surface area contributed by atoms with Crippen LogP contribution in [-0.2, 0) is 17.9 Å². The molecule has 0 atom stereocenters. The van der Waals surface area contributed by atoms with E-state index in [9.17, 15) is 22.4 Å². The molecular formula is C22H22Cl2F4N2O2. The molecule has 1 aliphatic rings. The number of ether oxygens (including phenoxy) is 1. The van der Waals surface area contributed by atoms with Crippen molar-refractivity contribution in [2.75, 3.05) is 32.8 Å². The minimum atomic E-state index is -4.21. The Kier molecular flexibility index (Phi) is 8.38. The predicted molar refractivity (Wildman–Crippen MR) is 115 cm³/mol. The van der Waals surface area contributed by atoms with Crippen molar-refractivity contribution < 1.29 is 27.1 Å². The lowest BCUT2D eigenvalue weighted by molar-refractivity contribution is -0.168. The summed E-state index contributed by atoms with van der Waals surface area (Å²) in [6.07, 6.45) is -3.79. The lowest BCUT2D eigenvalue weighted by Gasteiger charge is -2.35. The predicted octanol–water partition coefficient (Wildman–Crippen LogP) is 5.37. The zero-order valence-electron chi connectivity index (χ0n) is 17.0. The van der Waals surface area contributed by atoms with Gasteiger partial charge in [-0.25, -0.2) is 8.78 Å². The highest BCUT2D eigenvalue weighted by Gasteiger charge is 2.40. The molecule has 174 valence electrons. The maximum Gasteiger partial charge on any atom is 0.330 e. The molecule has 0 aromatic heterocycles. The molecule has 1 heterocycles. The van der Waals surface area contributed by atoms with E-state index >= 15 is 0 Å². The van der Waals surface area contributed by atoms with E-state index in [1.54, 1.807) is 35.2 Å². The number of carbonyl (C=O) groups is 1. The molecule has 2 aromatic carbocycles. The van der Waals surface area contributed by atoms with Gasteiger partial charge in [-0.2, -0.15) is 8.78 Å². The van der Waals surface area contributed by atoms with Crippen molar-refractivity contribution >= 4 is 29.1 Å². The second kappa shape index (κ2) is 10.8. The van der Waals surface area contributed by atoms with E-state index < -0.39 is 19.0 Å². The van der Waals surface area contributed by atoms with Crippen molar-refractivity contribution in [3.8, 4) is 0 Å². The zero-order chi connectivity index (χ0) is 23.3. The summed E-state index contributed by atoms with van der Waals surface area (Å²) >= 11 is 12.2. The van der Waals surface area contributed by atoms with Gasteiger partial charge in [0.2, 0.25) is 0 Å². The maximum atomic E-state index is 13.0. The van der Waals surface area contributed by atoms with Crippen molar-refractivity contribution in [2.45, 2.75) is 25.5 Å². The van der Waals surface area contributed by atoms with Crippen LogP contribution in [0.3, 0.4) is 0 Å². The number of amides is 1. The summed E-state index contributed by atoms with van der Waals surface area (Å²) in [5.74, 6) is -4.39. The molecule has 1 saturated heterocycles. The monoisotopic (exact) mass is 492 g/mol. The quantitative estimate of drug-likeness (QED) is 0.464. The van der Waals surface area contributed by atoms with Gasteiger partial charge in [0.1, 0.15) is 6.61 Å². The van der Waals surface area contributed by atoms with Crippen LogP contribution in [0.1, 0.15) is 21.5 Å². The lowest BCUT2D eigenvalue weighted by Crippen LogP contribution is -2.48. The fourth-order valence-electron chi connectivity index (χ4n) is 3.34. The smallest absolute Gasteiger partial charge is 0.330 e. The normalized spacial score (nSPS) is 15.4. The number of carbonyl (C=O) groups excluding carboxylic acids is 1. The van der Waals surface area contributed by atoms with Crippen LogP contribution >= 0.6 is 23.2 Å². The molecule has 0 spiro atoms. The average molecular weight is 493 g/mol. The van der Waals surface area contributed by atoms with Crippen LogP contribution in [0.4, 0.5) is 17.6 Å². The van der Waals surface area contributed by atoms with E-state index in [2.05, 4.69) is 4.90 Å². The molecular weight excluding hydrogens is 471 g/mol. The first-order valence-electron chi connectivity index (χ1n) is 9.94. The van der Waals surface area contributed by atoms with E-state index in [0.717, 1.165) is 5.56 Å². The molecule has 1 fully saturated rings. The number of hydrogen-bond donors (Lipinski definition) is 0. The van der Waals surface area contributed by atoms with Crippen LogP contribution < -0.4 is 0 Å². The molecule has 0 unspecified atom stereocenters. The third-order valence-electron chi connectivity index (χ3n) is 5.12. The third kappa shape index (κ3) is 6.57. The highest BCUT2D eigenvalue weighted by Crippen LogP contribution is 2.24. The molecule has 2 aromatic rings. The number of nitrogens with zero attached hydrogens (tertiary/aromatic N) is 2. The third-order valence-corrected chi connectivity index (χ3v) is 5.71. The fraction of sp³-hybridized carbons (Fsp3) is 0.409. The van der Waals surface area contributed by atoms with E-state index in [4.69, 9.17) is 27.9 Å². The number of halogens is 6. The van der Waals surface area contributed by atoms with Crippen molar-refractivity contribution in [3.05, 3.63) is 69.2 Å². The minimum absolute atomic E-state index is 0.186. The Morgan fingerprint density at radius 2 is 1.78 bits per heavy atom. The van der Waals surface area contributed by atoms with E-state index in [1.165, 1.54) is 6.07 Å². The van der Waals surface area contributed by atoms with Gasteiger partial charge >= 0.3 is 12.3 Å². The van der Waals surface area contributed by atoms with Gasteiger partial charge in [0.05, 0.1) is 6.61 Å². The number of rotatable bonds is 8. The molecule has 0 radical (unpaired) electrons. The standard InChI is InChI=1S/C22H22Cl2F4N2O2/c23-18-5-4-17(19(24)11-18)12-29-6-8-30(9-7-29)20(31)16-3-1-2-15(10-16)13-32-14-22(27,28)21(25)26/h1-5,10-11,21H,6-9,12-14H2. The highest BCUT2D eigenvalue weighted by atomic mass is 35.5. The molecule has 0 bridgehead atoms. The first-order valence-corrected chi connectivity index (χ1v) is 10.7. The number of piperazine rings is 1. The summed E-state index contributed by atoms with van der Waals surface area (Å²) < 4.78 is 55.1. The Balaban J connectivity index is 1.52. The summed E-state index contributed by atoms with van der Waals surface area (Å²) in [5, 5.41) is 1.17. The van der Waals surface area contributed by atoms with Gasteiger partial charge in [-0.3, -0.25) is 9.69 Å². The second-order valence-corrected chi connectivity index (χ2v) is 8.40. The van der Waals surface area contributed by atoms with Crippen LogP contribution in [0.15, 0.2) is 42.5 Å². The Bertz CT molecular complexity index is 938. The summed E-state index contributed by atoms with van der Waals surface area (Å²) in [6.45, 7) is 1.33. The van der Waals surface area contributed by atoms with E-state index in [-0.39, 0.29) is 12.5 Å². The molecule has 32 heavy (non-hydrogen) atoms. The topological polar surface area (TPSA) is 32.8 Å². The lowest BCUT2D eigenvalue weighted by atomic mass is 10.1. The number of alkyl halides is 4. The fourth-order valence-corrected chi connectivity index (χ4v) is 3.81. The van der Waals surface area contributed by atoms with Gasteiger partial charge in [0.15, 0.2) is 0 Å². The molecule has 1 aliphatic heterocycles. The van der Waals surface area contributed by atoms with Gasteiger partial charge < -0.3 is 9.64 Å². The molecule has 0 N–H and O–H groups in total. The van der Waals surface area contributed by atoms with E-state index in [0.29, 0.717) is 53.9 Å². The van der Waals surface area contributed by atoms with Gasteiger partial charge in [0.25, 0.3) is 5.91 Å². The largest absolute Gasteiger partial charge is 0.370 e. The van der Waals surface area contributed by atoms with Crippen LogP contribution in [0, 0.1) is 0 Å². The van der Waals surface area contributed by atoms with Crippen LogP contribution in [0.2, 0.25) is 10.0 Å². The highest BCUT2D eigenvalue weighted by molar-refractivity contribution is 6.35. The summed E-state index contributed by atoms with van der Waals surface area (Å²) in [6, 6.07) is 11.7. The van der Waals surface area contributed by atoms with Gasteiger partial charge in [0, 0.05) is 48.3 Å². The molecule has 10 heteroatoms. The Labute approximate surface area is 193 Å². The van der Waals surface area contributed by atoms with E-state index in [1.807, 2.05) is 6.07 Å². The van der Waals surface area contributed by atoms with Crippen LogP contribution in [0.5, 0.6) is 0 Å². The molecule has 0 aliphatic carbocycles. The van der Waals surface area contributed by atoms with Crippen molar-refractivity contribution in [1.29, 1.82) is 0 Å². The minimum Gasteiger partial charge on any atom is -0.370 e. The van der Waals surface area contributed by atoms with Gasteiger partial charge in [-0.15, -0.1) is 0 Å². The Morgan fingerprint density at radius 3 is 2.44 bits per heavy atom. The van der Waals surface area contributed by atoms with Crippen molar-refractivity contribution in [1.82, 2.24) is 9.80 Å². The van der Waals surface area contributed by atoms with Crippen molar-refractivity contribution in [3.63, 3.8) is 0 Å². The van der Waals surface area contributed by atoms with Crippen molar-refractivity contribution in [2.24, 2.45) is 0 Å². The maximum absolute atomic E-state index is 13.0. The Hall–Kier alpha value is -1.87. The van der Waals surface area contributed by atoms with Crippen LogP contribution in [0.25, 0.3) is 0 Å². The zero-order valence-corrected chi connectivity index (χ0v) is 18.6. The molecule has 0 saturated carbocycles. The number of hydrogen-bond acceptors (Lipinski definition) is 3. The number of benzene rings is 2. The van der Waals surface area contributed by atoms with Crippen LogP contribution in [-0.4, -0.2) is 60.8 Å². The average Bonchev–Trinajstić information content (AvgIpc) is 2.76. The summed E-state index contributed by atoms with van der Waals surface area (Å²) in [7, 11) is 0. The summed E-state index contributed by atoms with van der Waals surface area (Å²) in [5.41, 5.74) is 1.80. The first kappa shape index (κ1) is 24.8. The first-order chi connectivity index (χ1) is 15.2. The molecule has 1 amide bonds. The van der Waals surface area contributed by atoms with Gasteiger partial charge in [-0.05, 0) is 35.4 Å². The van der Waals surface area contributed by atoms with Gasteiger partial charge in [-0.1, -0.05) is 41.4 Å².